The standard InChI is InChI=1S/C13H15N3O3/c1-3-9-6-10(16(2)15-9)8-19-11-4-5-12(13(17)18)14-7-11/h4-7H,3,8H2,1-2H3,(H,17,18). The van der Waals surface area contributed by atoms with E-state index in [9.17, 15) is 4.79 Å². The molecule has 0 atom stereocenters. The molecule has 2 rings (SSSR count). The first-order valence-electron chi connectivity index (χ1n) is 5.94. The SMILES string of the molecule is CCc1cc(COc2ccc(C(=O)O)nc2)n(C)n1. The Morgan fingerprint density at radius 1 is 1.47 bits per heavy atom. The molecule has 2 heterocycles. The molecule has 0 aliphatic carbocycles. The minimum atomic E-state index is -1.05. The summed E-state index contributed by atoms with van der Waals surface area (Å²) >= 11 is 0. The van der Waals surface area contributed by atoms with Gasteiger partial charge in [0.15, 0.2) is 0 Å². The molecule has 0 aromatic carbocycles. The zero-order chi connectivity index (χ0) is 13.8. The van der Waals surface area contributed by atoms with Crippen molar-refractivity contribution in [1.82, 2.24) is 14.8 Å². The number of aromatic carboxylic acids is 1. The Morgan fingerprint density at radius 2 is 2.26 bits per heavy atom. The average molecular weight is 261 g/mol. The number of hydrogen-bond acceptors (Lipinski definition) is 4. The Hall–Kier alpha value is -2.37. The maximum atomic E-state index is 10.7. The molecule has 0 saturated carbocycles. The van der Waals surface area contributed by atoms with E-state index in [0.29, 0.717) is 12.4 Å². The van der Waals surface area contributed by atoms with Gasteiger partial charge < -0.3 is 9.84 Å². The normalized spacial score (nSPS) is 10.4. The van der Waals surface area contributed by atoms with Crippen molar-refractivity contribution in [3.63, 3.8) is 0 Å². The number of aromatic nitrogens is 3. The van der Waals surface area contributed by atoms with Gasteiger partial charge in [-0.3, -0.25) is 4.68 Å². The van der Waals surface area contributed by atoms with Crippen LogP contribution in [0.3, 0.4) is 0 Å². The van der Waals surface area contributed by atoms with Crippen molar-refractivity contribution in [1.29, 1.82) is 0 Å². The molecule has 0 aliphatic rings. The molecule has 6 nitrogen and oxygen atoms in total. The van der Waals surface area contributed by atoms with Crippen molar-refractivity contribution in [3.8, 4) is 5.75 Å². The second kappa shape index (κ2) is 5.51. The molecule has 0 saturated heterocycles. The summed E-state index contributed by atoms with van der Waals surface area (Å²) in [6.07, 6.45) is 2.28. The molecule has 0 unspecified atom stereocenters. The summed E-state index contributed by atoms with van der Waals surface area (Å²) in [4.78, 5) is 14.4. The Kier molecular flexibility index (Phi) is 3.79. The Bertz CT molecular complexity index is 575. The largest absolute Gasteiger partial charge is 0.486 e. The summed E-state index contributed by atoms with van der Waals surface area (Å²) in [6, 6.07) is 4.99. The van der Waals surface area contributed by atoms with Gasteiger partial charge in [-0.15, -0.1) is 0 Å². The fourth-order valence-electron chi connectivity index (χ4n) is 1.63. The first-order valence-corrected chi connectivity index (χ1v) is 5.94. The van der Waals surface area contributed by atoms with E-state index in [1.807, 2.05) is 20.0 Å². The van der Waals surface area contributed by atoms with Gasteiger partial charge in [-0.2, -0.15) is 5.10 Å². The molecule has 0 aliphatic heterocycles. The number of hydrogen-bond donors (Lipinski definition) is 1. The van der Waals surface area contributed by atoms with Gasteiger partial charge in [-0.05, 0) is 24.6 Å². The lowest BCUT2D eigenvalue weighted by Crippen LogP contribution is -2.04. The quantitative estimate of drug-likeness (QED) is 0.885. The van der Waals surface area contributed by atoms with Crippen LogP contribution >= 0.6 is 0 Å². The third kappa shape index (κ3) is 3.09. The molecule has 0 radical (unpaired) electrons. The molecule has 100 valence electrons. The number of carbonyl (C=O) groups is 1. The van der Waals surface area contributed by atoms with Crippen molar-refractivity contribution >= 4 is 5.97 Å². The van der Waals surface area contributed by atoms with Crippen molar-refractivity contribution in [2.45, 2.75) is 20.0 Å². The number of carboxylic acid groups (broad SMARTS) is 1. The van der Waals surface area contributed by atoms with Crippen LogP contribution in [0.15, 0.2) is 24.4 Å². The van der Waals surface area contributed by atoms with Crippen LogP contribution in [0.4, 0.5) is 0 Å². The van der Waals surface area contributed by atoms with Crippen LogP contribution in [0.5, 0.6) is 5.75 Å². The summed E-state index contributed by atoms with van der Waals surface area (Å²) in [5.74, 6) is -0.518. The molecule has 2 aromatic rings. The lowest BCUT2D eigenvalue weighted by molar-refractivity contribution is 0.0690. The smallest absolute Gasteiger partial charge is 0.354 e. The van der Waals surface area contributed by atoms with Gasteiger partial charge in [-0.25, -0.2) is 9.78 Å². The molecule has 0 fully saturated rings. The summed E-state index contributed by atoms with van der Waals surface area (Å²) in [6.45, 7) is 2.42. The van der Waals surface area contributed by atoms with E-state index in [0.717, 1.165) is 17.8 Å². The van der Waals surface area contributed by atoms with Crippen LogP contribution in [-0.4, -0.2) is 25.8 Å². The Balaban J connectivity index is 2.01. The van der Waals surface area contributed by atoms with E-state index in [-0.39, 0.29) is 5.69 Å². The summed E-state index contributed by atoms with van der Waals surface area (Å²) < 4.78 is 7.32. The molecular weight excluding hydrogens is 246 g/mol. The van der Waals surface area contributed by atoms with Gasteiger partial charge in [0.25, 0.3) is 0 Å². The number of rotatable bonds is 5. The van der Waals surface area contributed by atoms with E-state index in [4.69, 9.17) is 9.84 Å². The van der Waals surface area contributed by atoms with E-state index >= 15 is 0 Å². The topological polar surface area (TPSA) is 77.2 Å². The number of pyridine rings is 1. The van der Waals surface area contributed by atoms with Gasteiger partial charge in [0.1, 0.15) is 18.1 Å². The predicted molar refractivity (Wildman–Crippen MR) is 68.1 cm³/mol. The van der Waals surface area contributed by atoms with Gasteiger partial charge in [0.2, 0.25) is 0 Å². The minimum Gasteiger partial charge on any atom is -0.486 e. The van der Waals surface area contributed by atoms with Crippen LogP contribution in [0.25, 0.3) is 0 Å². The van der Waals surface area contributed by atoms with Crippen LogP contribution in [0, 0.1) is 0 Å². The number of nitrogens with zero attached hydrogens (tertiary/aromatic N) is 3. The van der Waals surface area contributed by atoms with Crippen molar-refractivity contribution in [2.75, 3.05) is 0 Å². The molecular formula is C13H15N3O3. The highest BCUT2D eigenvalue weighted by molar-refractivity contribution is 5.85. The highest BCUT2D eigenvalue weighted by Crippen LogP contribution is 2.12. The van der Waals surface area contributed by atoms with Crippen LogP contribution in [0.1, 0.15) is 28.8 Å². The predicted octanol–water partition coefficient (Wildman–Crippen LogP) is 1.65. The molecule has 0 amide bonds. The van der Waals surface area contributed by atoms with E-state index in [1.165, 1.54) is 12.3 Å². The minimum absolute atomic E-state index is 0.00107. The maximum Gasteiger partial charge on any atom is 0.354 e. The monoisotopic (exact) mass is 261 g/mol. The summed E-state index contributed by atoms with van der Waals surface area (Å²) in [5.41, 5.74) is 1.97. The fourth-order valence-corrected chi connectivity index (χ4v) is 1.63. The highest BCUT2D eigenvalue weighted by atomic mass is 16.5. The van der Waals surface area contributed by atoms with Crippen molar-refractivity contribution in [2.24, 2.45) is 7.05 Å². The van der Waals surface area contributed by atoms with Gasteiger partial charge in [-0.1, -0.05) is 6.92 Å². The first-order chi connectivity index (χ1) is 9.10. The second-order valence-electron chi connectivity index (χ2n) is 4.08. The lowest BCUT2D eigenvalue weighted by Gasteiger charge is -2.05. The third-order valence-electron chi connectivity index (χ3n) is 2.73. The molecule has 2 aromatic heterocycles. The molecule has 19 heavy (non-hydrogen) atoms. The zero-order valence-corrected chi connectivity index (χ0v) is 10.8. The number of aryl methyl sites for hydroxylation is 2. The van der Waals surface area contributed by atoms with Crippen LogP contribution in [-0.2, 0) is 20.1 Å². The second-order valence-corrected chi connectivity index (χ2v) is 4.08. The fraction of sp³-hybridized carbons (Fsp3) is 0.308. The first kappa shape index (κ1) is 13.1. The molecule has 1 N–H and O–H groups in total. The van der Waals surface area contributed by atoms with Gasteiger partial charge >= 0.3 is 5.97 Å². The molecule has 0 bridgehead atoms. The lowest BCUT2D eigenvalue weighted by atomic mass is 10.3. The zero-order valence-electron chi connectivity index (χ0n) is 10.8. The van der Waals surface area contributed by atoms with Gasteiger partial charge in [0.05, 0.1) is 17.6 Å². The van der Waals surface area contributed by atoms with E-state index < -0.39 is 5.97 Å². The Morgan fingerprint density at radius 3 is 2.79 bits per heavy atom. The molecule has 6 heteroatoms. The van der Waals surface area contributed by atoms with Gasteiger partial charge in [0, 0.05) is 7.05 Å². The third-order valence-corrected chi connectivity index (χ3v) is 2.73. The number of carboxylic acids is 1. The van der Waals surface area contributed by atoms with Crippen LogP contribution < -0.4 is 4.74 Å². The summed E-state index contributed by atoms with van der Waals surface area (Å²) in [7, 11) is 1.86. The summed E-state index contributed by atoms with van der Waals surface area (Å²) in [5, 5.41) is 13.1. The molecule has 0 spiro atoms. The van der Waals surface area contributed by atoms with Crippen molar-refractivity contribution < 1.29 is 14.6 Å². The Labute approximate surface area is 110 Å². The maximum absolute atomic E-state index is 10.7. The average Bonchev–Trinajstić information content (AvgIpc) is 2.77. The van der Waals surface area contributed by atoms with E-state index in [1.54, 1.807) is 10.7 Å². The van der Waals surface area contributed by atoms with Crippen molar-refractivity contribution in [3.05, 3.63) is 41.5 Å². The highest BCUT2D eigenvalue weighted by Gasteiger charge is 2.06. The van der Waals surface area contributed by atoms with Crippen LogP contribution in [0.2, 0.25) is 0 Å². The van der Waals surface area contributed by atoms with E-state index in [2.05, 4.69) is 10.1 Å². The number of ether oxygens (including phenoxy) is 1.